The van der Waals surface area contributed by atoms with E-state index in [2.05, 4.69) is 12.2 Å². The molecule has 0 aliphatic carbocycles. The van der Waals surface area contributed by atoms with Gasteiger partial charge in [-0.3, -0.25) is 0 Å². The third kappa shape index (κ3) is 4.10. The molecule has 4 heteroatoms. The average Bonchev–Trinajstić information content (AvgIpc) is 2.79. The van der Waals surface area contributed by atoms with E-state index in [-0.39, 0.29) is 5.82 Å². The lowest BCUT2D eigenvalue weighted by molar-refractivity contribution is 0.264. The first kappa shape index (κ1) is 14.6. The molecule has 1 N–H and O–H groups in total. The predicted molar refractivity (Wildman–Crippen MR) is 76.2 cm³/mol. The number of hydrogen-bond donors (Lipinski definition) is 1. The summed E-state index contributed by atoms with van der Waals surface area (Å²) in [6, 6.07) is 7.95. The first-order valence-corrected chi connectivity index (χ1v) is 6.86. The second-order valence-corrected chi connectivity index (χ2v) is 4.74. The molecule has 0 fully saturated rings. The lowest BCUT2D eigenvalue weighted by Crippen LogP contribution is -2.13. The van der Waals surface area contributed by atoms with Crippen molar-refractivity contribution in [3.05, 3.63) is 53.2 Å². The summed E-state index contributed by atoms with van der Waals surface area (Å²) in [5.74, 6) is 2.08. The fourth-order valence-electron chi connectivity index (χ4n) is 1.90. The first-order valence-electron chi connectivity index (χ1n) is 6.86. The number of nitrogens with one attached hydrogen (secondary N) is 1. The summed E-state index contributed by atoms with van der Waals surface area (Å²) in [6.45, 7) is 6.20. The van der Waals surface area contributed by atoms with Crippen LogP contribution < -0.4 is 10.1 Å². The first-order chi connectivity index (χ1) is 9.69. The van der Waals surface area contributed by atoms with Gasteiger partial charge in [-0.05, 0) is 55.8 Å². The van der Waals surface area contributed by atoms with E-state index in [1.54, 1.807) is 12.1 Å². The van der Waals surface area contributed by atoms with Crippen molar-refractivity contribution < 1.29 is 13.5 Å². The van der Waals surface area contributed by atoms with Gasteiger partial charge in [-0.25, -0.2) is 4.39 Å². The van der Waals surface area contributed by atoms with Crippen LogP contribution in [0.5, 0.6) is 5.75 Å². The molecule has 1 heterocycles. The Balaban J connectivity index is 1.89. The number of rotatable bonds is 7. The van der Waals surface area contributed by atoms with Crippen molar-refractivity contribution in [3.8, 4) is 5.75 Å². The molecule has 2 rings (SSSR count). The van der Waals surface area contributed by atoms with Crippen LogP contribution in [0.1, 0.15) is 30.4 Å². The van der Waals surface area contributed by atoms with Crippen LogP contribution in [0.15, 0.2) is 34.7 Å². The van der Waals surface area contributed by atoms with Gasteiger partial charge in [0.15, 0.2) is 0 Å². The molecule has 2 aromatic rings. The quantitative estimate of drug-likeness (QED) is 0.782. The molecular weight excluding hydrogens is 257 g/mol. The van der Waals surface area contributed by atoms with Crippen molar-refractivity contribution in [2.75, 3.05) is 6.54 Å². The lowest BCUT2D eigenvalue weighted by atomic mass is 10.2. The number of furan rings is 1. The van der Waals surface area contributed by atoms with Gasteiger partial charge >= 0.3 is 0 Å². The minimum absolute atomic E-state index is 0.268. The summed E-state index contributed by atoms with van der Waals surface area (Å²) in [5.41, 5.74) is 1.12. The summed E-state index contributed by atoms with van der Waals surface area (Å²) in [6.07, 6.45) is 1.10. The van der Waals surface area contributed by atoms with Crippen molar-refractivity contribution in [2.24, 2.45) is 0 Å². The third-order valence-corrected chi connectivity index (χ3v) is 2.98. The molecule has 1 aromatic heterocycles. The molecule has 0 radical (unpaired) electrons. The summed E-state index contributed by atoms with van der Waals surface area (Å²) >= 11 is 0. The van der Waals surface area contributed by atoms with E-state index in [0.29, 0.717) is 12.4 Å². The maximum absolute atomic E-state index is 12.8. The van der Waals surface area contributed by atoms with Gasteiger partial charge in [0.25, 0.3) is 0 Å². The zero-order chi connectivity index (χ0) is 14.4. The van der Waals surface area contributed by atoms with Crippen LogP contribution in [-0.2, 0) is 13.2 Å². The fourth-order valence-corrected chi connectivity index (χ4v) is 1.90. The van der Waals surface area contributed by atoms with Crippen LogP contribution in [-0.4, -0.2) is 6.54 Å². The standard InChI is InChI=1S/C16H20FNO2/c1-3-8-18-10-16-12(2)9-15(20-16)11-19-14-6-4-13(17)5-7-14/h4-7,9,18H,3,8,10-11H2,1-2H3. The van der Waals surface area contributed by atoms with Gasteiger partial charge in [0.2, 0.25) is 0 Å². The van der Waals surface area contributed by atoms with Gasteiger partial charge in [-0.15, -0.1) is 0 Å². The minimum atomic E-state index is -0.268. The Labute approximate surface area is 118 Å². The molecule has 0 aliphatic heterocycles. The molecule has 20 heavy (non-hydrogen) atoms. The van der Waals surface area contributed by atoms with Crippen LogP contribution in [0.4, 0.5) is 4.39 Å². The van der Waals surface area contributed by atoms with Gasteiger partial charge in [-0.2, -0.15) is 0 Å². The van der Waals surface area contributed by atoms with E-state index >= 15 is 0 Å². The molecule has 0 bridgehead atoms. The molecule has 0 atom stereocenters. The van der Waals surface area contributed by atoms with Gasteiger partial charge in [0.1, 0.15) is 29.7 Å². The number of halogens is 1. The molecule has 3 nitrogen and oxygen atoms in total. The third-order valence-electron chi connectivity index (χ3n) is 2.98. The normalized spacial score (nSPS) is 10.8. The summed E-state index contributed by atoms with van der Waals surface area (Å²) < 4.78 is 24.1. The van der Waals surface area contributed by atoms with E-state index in [1.807, 2.05) is 13.0 Å². The van der Waals surface area contributed by atoms with Crippen molar-refractivity contribution >= 4 is 0 Å². The van der Waals surface area contributed by atoms with Crippen molar-refractivity contribution in [3.63, 3.8) is 0 Å². The maximum Gasteiger partial charge on any atom is 0.146 e. The zero-order valence-corrected chi connectivity index (χ0v) is 11.9. The van der Waals surface area contributed by atoms with Crippen LogP contribution in [0, 0.1) is 12.7 Å². The van der Waals surface area contributed by atoms with Crippen LogP contribution in [0.2, 0.25) is 0 Å². The van der Waals surface area contributed by atoms with E-state index in [9.17, 15) is 4.39 Å². The summed E-state index contributed by atoms with van der Waals surface area (Å²) in [7, 11) is 0. The number of ether oxygens (including phenoxy) is 1. The fraction of sp³-hybridized carbons (Fsp3) is 0.375. The molecule has 108 valence electrons. The second-order valence-electron chi connectivity index (χ2n) is 4.74. The number of benzene rings is 1. The molecule has 0 saturated heterocycles. The summed E-state index contributed by atoms with van der Waals surface area (Å²) in [5, 5.41) is 3.31. The Bertz CT molecular complexity index is 534. The Kier molecular flexibility index (Phi) is 5.18. The van der Waals surface area contributed by atoms with E-state index in [0.717, 1.165) is 36.6 Å². The Morgan fingerprint density at radius 2 is 2.00 bits per heavy atom. The Hall–Kier alpha value is -1.81. The largest absolute Gasteiger partial charge is 0.486 e. The molecule has 0 saturated carbocycles. The topological polar surface area (TPSA) is 34.4 Å². The molecule has 0 spiro atoms. The predicted octanol–water partition coefficient (Wildman–Crippen LogP) is 3.81. The van der Waals surface area contributed by atoms with Gasteiger partial charge in [0, 0.05) is 0 Å². The Morgan fingerprint density at radius 1 is 1.25 bits per heavy atom. The maximum atomic E-state index is 12.8. The summed E-state index contributed by atoms with van der Waals surface area (Å²) in [4.78, 5) is 0. The minimum Gasteiger partial charge on any atom is -0.486 e. The van der Waals surface area contributed by atoms with Gasteiger partial charge < -0.3 is 14.5 Å². The van der Waals surface area contributed by atoms with Crippen molar-refractivity contribution in [1.29, 1.82) is 0 Å². The monoisotopic (exact) mass is 277 g/mol. The average molecular weight is 277 g/mol. The van der Waals surface area contributed by atoms with E-state index in [1.165, 1.54) is 12.1 Å². The smallest absolute Gasteiger partial charge is 0.146 e. The highest BCUT2D eigenvalue weighted by molar-refractivity contribution is 5.23. The number of aryl methyl sites for hydroxylation is 1. The molecular formula is C16H20FNO2. The van der Waals surface area contributed by atoms with Gasteiger partial charge in [0.05, 0.1) is 6.54 Å². The van der Waals surface area contributed by atoms with Gasteiger partial charge in [-0.1, -0.05) is 6.92 Å². The number of hydrogen-bond acceptors (Lipinski definition) is 3. The second kappa shape index (κ2) is 7.10. The highest BCUT2D eigenvalue weighted by Crippen LogP contribution is 2.18. The van der Waals surface area contributed by atoms with Crippen molar-refractivity contribution in [1.82, 2.24) is 5.32 Å². The van der Waals surface area contributed by atoms with E-state index in [4.69, 9.17) is 9.15 Å². The molecule has 0 unspecified atom stereocenters. The van der Waals surface area contributed by atoms with E-state index < -0.39 is 0 Å². The van der Waals surface area contributed by atoms with Crippen LogP contribution in [0.3, 0.4) is 0 Å². The lowest BCUT2D eigenvalue weighted by Gasteiger charge is -2.04. The molecule has 0 aliphatic rings. The van der Waals surface area contributed by atoms with Crippen LogP contribution >= 0.6 is 0 Å². The SMILES string of the molecule is CCCNCc1oc(COc2ccc(F)cc2)cc1C. The van der Waals surface area contributed by atoms with Crippen LogP contribution in [0.25, 0.3) is 0 Å². The molecule has 0 amide bonds. The van der Waals surface area contributed by atoms with Crippen molar-refractivity contribution in [2.45, 2.75) is 33.4 Å². The Morgan fingerprint density at radius 3 is 2.70 bits per heavy atom. The zero-order valence-electron chi connectivity index (χ0n) is 11.9. The highest BCUT2D eigenvalue weighted by Gasteiger charge is 2.08. The highest BCUT2D eigenvalue weighted by atomic mass is 19.1. The molecule has 1 aromatic carbocycles.